The standard InChI is InChI=1S/C18H23N3O3/c1-13-9-17(20-24-13)18(23)19-10-14-5-2-3-6-15(14)11-21-8-4-7-16(21)12-22/h2-3,5-6,9,16,22H,4,7-8,10-12H2,1H3,(H,19,23). The van der Waals surface area contributed by atoms with Gasteiger partial charge >= 0.3 is 0 Å². The molecule has 6 heteroatoms. The summed E-state index contributed by atoms with van der Waals surface area (Å²) in [5, 5.41) is 16.1. The van der Waals surface area contributed by atoms with Crippen molar-refractivity contribution in [2.24, 2.45) is 0 Å². The van der Waals surface area contributed by atoms with Crippen molar-refractivity contribution in [1.29, 1.82) is 0 Å². The van der Waals surface area contributed by atoms with Crippen LogP contribution in [0.4, 0.5) is 0 Å². The Kier molecular flexibility index (Phi) is 5.27. The van der Waals surface area contributed by atoms with Crippen LogP contribution in [-0.4, -0.2) is 40.3 Å². The Hall–Kier alpha value is -2.18. The minimum atomic E-state index is -0.240. The first-order valence-corrected chi connectivity index (χ1v) is 8.30. The van der Waals surface area contributed by atoms with Crippen molar-refractivity contribution in [2.75, 3.05) is 13.2 Å². The number of aliphatic hydroxyl groups excluding tert-OH is 1. The summed E-state index contributed by atoms with van der Waals surface area (Å²) in [5.41, 5.74) is 2.55. The number of benzene rings is 1. The average Bonchev–Trinajstić information content (AvgIpc) is 3.22. The van der Waals surface area contributed by atoms with Crippen LogP contribution < -0.4 is 5.32 Å². The fraction of sp³-hybridized carbons (Fsp3) is 0.444. The molecule has 0 bridgehead atoms. The zero-order valence-corrected chi connectivity index (χ0v) is 13.9. The molecule has 1 fully saturated rings. The number of carbonyl (C=O) groups excluding carboxylic acids is 1. The summed E-state index contributed by atoms with van der Waals surface area (Å²) < 4.78 is 4.93. The van der Waals surface area contributed by atoms with E-state index in [9.17, 15) is 9.90 Å². The number of carbonyl (C=O) groups is 1. The third kappa shape index (κ3) is 3.83. The number of likely N-dealkylation sites (tertiary alicyclic amines) is 1. The summed E-state index contributed by atoms with van der Waals surface area (Å²) in [6, 6.07) is 9.94. The molecule has 0 radical (unpaired) electrons. The summed E-state index contributed by atoms with van der Waals surface area (Å²) in [5.74, 6) is 0.376. The molecule has 3 rings (SSSR count). The number of nitrogens with one attached hydrogen (secondary N) is 1. The van der Waals surface area contributed by atoms with Crippen LogP contribution in [0.3, 0.4) is 0 Å². The van der Waals surface area contributed by atoms with Crippen molar-refractivity contribution in [3.63, 3.8) is 0 Å². The number of hydrogen-bond acceptors (Lipinski definition) is 5. The highest BCUT2D eigenvalue weighted by atomic mass is 16.5. The maximum Gasteiger partial charge on any atom is 0.273 e. The summed E-state index contributed by atoms with van der Waals surface area (Å²) in [7, 11) is 0. The Bertz CT molecular complexity index is 698. The van der Waals surface area contributed by atoms with E-state index in [1.807, 2.05) is 18.2 Å². The Balaban J connectivity index is 1.64. The van der Waals surface area contributed by atoms with E-state index in [0.29, 0.717) is 18.0 Å². The molecule has 24 heavy (non-hydrogen) atoms. The van der Waals surface area contributed by atoms with Crippen LogP contribution in [0.25, 0.3) is 0 Å². The second-order valence-electron chi connectivity index (χ2n) is 6.22. The number of amides is 1. The van der Waals surface area contributed by atoms with Crippen molar-refractivity contribution in [3.05, 3.63) is 52.9 Å². The van der Waals surface area contributed by atoms with E-state index < -0.39 is 0 Å². The molecule has 1 atom stereocenters. The van der Waals surface area contributed by atoms with Gasteiger partial charge in [-0.05, 0) is 37.4 Å². The van der Waals surface area contributed by atoms with Gasteiger partial charge in [0.05, 0.1) is 6.61 Å². The van der Waals surface area contributed by atoms with Gasteiger partial charge in [0.1, 0.15) is 5.76 Å². The zero-order valence-electron chi connectivity index (χ0n) is 13.9. The zero-order chi connectivity index (χ0) is 16.9. The van der Waals surface area contributed by atoms with Crippen LogP contribution in [-0.2, 0) is 13.1 Å². The molecule has 2 N–H and O–H groups in total. The smallest absolute Gasteiger partial charge is 0.273 e. The lowest BCUT2D eigenvalue weighted by Gasteiger charge is -2.24. The predicted octanol–water partition coefficient (Wildman–Crippen LogP) is 1.87. The van der Waals surface area contributed by atoms with Gasteiger partial charge in [-0.15, -0.1) is 0 Å². The van der Waals surface area contributed by atoms with Crippen molar-refractivity contribution < 1.29 is 14.4 Å². The van der Waals surface area contributed by atoms with Crippen LogP contribution >= 0.6 is 0 Å². The van der Waals surface area contributed by atoms with Crippen molar-refractivity contribution in [1.82, 2.24) is 15.4 Å². The quantitative estimate of drug-likeness (QED) is 0.846. The molecule has 1 aliphatic rings. The Morgan fingerprint density at radius 3 is 2.92 bits per heavy atom. The van der Waals surface area contributed by atoms with Crippen LogP contribution in [0.15, 0.2) is 34.9 Å². The molecule has 1 amide bonds. The van der Waals surface area contributed by atoms with Gasteiger partial charge in [0.2, 0.25) is 0 Å². The first-order chi connectivity index (χ1) is 11.7. The first-order valence-electron chi connectivity index (χ1n) is 8.30. The van der Waals surface area contributed by atoms with E-state index in [1.54, 1.807) is 13.0 Å². The van der Waals surface area contributed by atoms with Gasteiger partial charge in [-0.25, -0.2) is 0 Å². The lowest BCUT2D eigenvalue weighted by atomic mass is 10.1. The van der Waals surface area contributed by atoms with E-state index in [2.05, 4.69) is 21.4 Å². The van der Waals surface area contributed by atoms with Gasteiger partial charge in [0.25, 0.3) is 5.91 Å². The average molecular weight is 329 g/mol. The minimum Gasteiger partial charge on any atom is -0.395 e. The Morgan fingerprint density at radius 1 is 1.42 bits per heavy atom. The molecule has 1 saturated heterocycles. The van der Waals surface area contributed by atoms with Gasteiger partial charge in [-0.2, -0.15) is 0 Å². The molecule has 0 aliphatic carbocycles. The van der Waals surface area contributed by atoms with Crippen LogP contribution in [0, 0.1) is 6.92 Å². The second-order valence-corrected chi connectivity index (χ2v) is 6.22. The molecule has 1 aromatic carbocycles. The first kappa shape index (κ1) is 16.7. The highest BCUT2D eigenvalue weighted by Crippen LogP contribution is 2.21. The van der Waals surface area contributed by atoms with Gasteiger partial charge in [0.15, 0.2) is 5.69 Å². The maximum absolute atomic E-state index is 12.1. The molecular weight excluding hydrogens is 306 g/mol. The number of aromatic nitrogens is 1. The molecule has 6 nitrogen and oxygen atoms in total. The van der Waals surface area contributed by atoms with E-state index in [1.165, 1.54) is 5.56 Å². The molecular formula is C18H23N3O3. The van der Waals surface area contributed by atoms with Crippen molar-refractivity contribution in [2.45, 2.75) is 38.9 Å². The van der Waals surface area contributed by atoms with Crippen molar-refractivity contribution in [3.8, 4) is 0 Å². The lowest BCUT2D eigenvalue weighted by Crippen LogP contribution is -2.32. The topological polar surface area (TPSA) is 78.6 Å². The van der Waals surface area contributed by atoms with Crippen LogP contribution in [0.1, 0.15) is 40.2 Å². The number of hydrogen-bond donors (Lipinski definition) is 2. The number of rotatable bonds is 6. The molecule has 128 valence electrons. The molecule has 2 aromatic rings. The summed E-state index contributed by atoms with van der Waals surface area (Å²) in [4.78, 5) is 14.4. The van der Waals surface area contributed by atoms with E-state index in [-0.39, 0.29) is 18.6 Å². The normalized spacial score (nSPS) is 18.0. The van der Waals surface area contributed by atoms with E-state index >= 15 is 0 Å². The summed E-state index contributed by atoms with van der Waals surface area (Å²) in [6.45, 7) is 4.19. The van der Waals surface area contributed by atoms with Gasteiger partial charge in [0, 0.05) is 25.2 Å². The lowest BCUT2D eigenvalue weighted by molar-refractivity contribution is 0.0941. The van der Waals surface area contributed by atoms with Crippen LogP contribution in [0.2, 0.25) is 0 Å². The van der Waals surface area contributed by atoms with Crippen LogP contribution in [0.5, 0.6) is 0 Å². The number of aryl methyl sites for hydroxylation is 1. The molecule has 0 spiro atoms. The molecule has 1 unspecified atom stereocenters. The predicted molar refractivity (Wildman–Crippen MR) is 89.4 cm³/mol. The molecule has 1 aromatic heterocycles. The second kappa shape index (κ2) is 7.59. The third-order valence-corrected chi connectivity index (χ3v) is 4.50. The highest BCUT2D eigenvalue weighted by Gasteiger charge is 2.24. The largest absolute Gasteiger partial charge is 0.395 e. The van der Waals surface area contributed by atoms with Gasteiger partial charge in [-0.1, -0.05) is 29.4 Å². The number of aliphatic hydroxyl groups is 1. The van der Waals surface area contributed by atoms with Crippen molar-refractivity contribution >= 4 is 5.91 Å². The number of nitrogens with zero attached hydrogens (tertiary/aromatic N) is 2. The van der Waals surface area contributed by atoms with Gasteiger partial charge < -0.3 is 14.9 Å². The third-order valence-electron chi connectivity index (χ3n) is 4.50. The molecule has 1 aliphatic heterocycles. The highest BCUT2D eigenvalue weighted by molar-refractivity contribution is 5.92. The summed E-state index contributed by atoms with van der Waals surface area (Å²) in [6.07, 6.45) is 2.16. The Labute approximate surface area is 141 Å². The fourth-order valence-corrected chi connectivity index (χ4v) is 3.15. The molecule has 0 saturated carbocycles. The molecule has 2 heterocycles. The maximum atomic E-state index is 12.1. The summed E-state index contributed by atoms with van der Waals surface area (Å²) >= 11 is 0. The van der Waals surface area contributed by atoms with E-state index in [0.717, 1.165) is 31.5 Å². The van der Waals surface area contributed by atoms with Gasteiger partial charge in [-0.3, -0.25) is 9.69 Å². The fourth-order valence-electron chi connectivity index (χ4n) is 3.15. The Morgan fingerprint density at radius 2 is 2.21 bits per heavy atom. The monoisotopic (exact) mass is 329 g/mol. The minimum absolute atomic E-state index is 0.199. The van der Waals surface area contributed by atoms with E-state index in [4.69, 9.17) is 4.52 Å². The SMILES string of the molecule is Cc1cc(C(=O)NCc2ccccc2CN2CCCC2CO)no1.